The molecule has 2 nitrogen and oxygen atoms in total. The Balaban J connectivity index is 1.82. The maximum absolute atomic E-state index is 9.58. The lowest BCUT2D eigenvalue weighted by atomic mass is 9.98. The van der Waals surface area contributed by atoms with Gasteiger partial charge in [-0.3, -0.25) is 4.90 Å². The largest absolute Gasteiger partial charge is 0.393 e. The molecule has 1 saturated heterocycles. The van der Waals surface area contributed by atoms with Crippen molar-refractivity contribution < 1.29 is 5.11 Å². The number of piperidine rings is 1. The molecule has 1 aromatic rings. The highest BCUT2D eigenvalue weighted by Crippen LogP contribution is 2.52. The third kappa shape index (κ3) is 2.10. The van der Waals surface area contributed by atoms with Gasteiger partial charge in [0, 0.05) is 23.7 Å². The Hall–Kier alpha value is -0.570. The minimum Gasteiger partial charge on any atom is -0.393 e. The Morgan fingerprint density at radius 3 is 2.53 bits per heavy atom. The van der Waals surface area contributed by atoms with Gasteiger partial charge >= 0.3 is 0 Å². The maximum Gasteiger partial charge on any atom is 0.0564 e. The van der Waals surface area contributed by atoms with Crippen molar-refractivity contribution >= 4 is 11.6 Å². The smallest absolute Gasteiger partial charge is 0.0564 e. The van der Waals surface area contributed by atoms with Crippen LogP contribution in [0.25, 0.3) is 0 Å². The van der Waals surface area contributed by atoms with Crippen LogP contribution < -0.4 is 0 Å². The lowest BCUT2D eigenvalue weighted by molar-refractivity contribution is 0.0522. The zero-order chi connectivity index (χ0) is 11.9. The quantitative estimate of drug-likeness (QED) is 0.874. The Morgan fingerprint density at radius 1 is 1.24 bits per heavy atom. The lowest BCUT2D eigenvalue weighted by Gasteiger charge is -2.37. The molecule has 0 atom stereocenters. The molecule has 2 fully saturated rings. The van der Waals surface area contributed by atoms with Crippen LogP contribution in [0.5, 0.6) is 0 Å². The molecule has 0 unspecified atom stereocenters. The van der Waals surface area contributed by atoms with Gasteiger partial charge in [0.2, 0.25) is 0 Å². The van der Waals surface area contributed by atoms with Crippen LogP contribution in [0.2, 0.25) is 5.02 Å². The molecule has 1 heterocycles. The molecule has 0 aromatic heterocycles. The SMILES string of the molecule is OC1CCN(C2(c3cccc(Cl)c3)CC2)CC1. The van der Waals surface area contributed by atoms with Crippen LogP contribution in [0.3, 0.4) is 0 Å². The normalized spacial score (nSPS) is 24.8. The molecule has 3 rings (SSSR count). The van der Waals surface area contributed by atoms with Gasteiger partial charge in [-0.2, -0.15) is 0 Å². The fourth-order valence-corrected chi connectivity index (χ4v) is 3.17. The Bertz CT molecular complexity index is 408. The van der Waals surface area contributed by atoms with E-state index in [1.807, 2.05) is 12.1 Å². The number of likely N-dealkylation sites (tertiary alicyclic amines) is 1. The first-order valence-electron chi connectivity index (χ1n) is 6.40. The first-order chi connectivity index (χ1) is 8.21. The minimum atomic E-state index is -0.0959. The van der Waals surface area contributed by atoms with E-state index in [0.717, 1.165) is 31.0 Å². The van der Waals surface area contributed by atoms with Crippen molar-refractivity contribution in [3.63, 3.8) is 0 Å². The molecule has 92 valence electrons. The first kappa shape index (κ1) is 11.5. The first-order valence-corrected chi connectivity index (χ1v) is 6.78. The van der Waals surface area contributed by atoms with Crippen molar-refractivity contribution in [2.24, 2.45) is 0 Å². The van der Waals surface area contributed by atoms with E-state index in [0.29, 0.717) is 0 Å². The highest BCUT2D eigenvalue weighted by molar-refractivity contribution is 6.30. The van der Waals surface area contributed by atoms with Crippen molar-refractivity contribution in [2.45, 2.75) is 37.3 Å². The highest BCUT2D eigenvalue weighted by Gasteiger charge is 2.49. The van der Waals surface area contributed by atoms with E-state index in [1.165, 1.54) is 18.4 Å². The van der Waals surface area contributed by atoms with Crippen molar-refractivity contribution in [2.75, 3.05) is 13.1 Å². The van der Waals surface area contributed by atoms with Gasteiger partial charge in [0.05, 0.1) is 6.10 Å². The fraction of sp³-hybridized carbons (Fsp3) is 0.571. The number of nitrogens with zero attached hydrogens (tertiary/aromatic N) is 1. The molecule has 0 bridgehead atoms. The van der Waals surface area contributed by atoms with E-state index < -0.39 is 0 Å². The summed E-state index contributed by atoms with van der Waals surface area (Å²) in [6, 6.07) is 8.25. The predicted molar refractivity (Wildman–Crippen MR) is 69.2 cm³/mol. The molecular weight excluding hydrogens is 234 g/mol. The van der Waals surface area contributed by atoms with Gasteiger partial charge in [-0.05, 0) is 43.4 Å². The van der Waals surface area contributed by atoms with E-state index in [-0.39, 0.29) is 11.6 Å². The van der Waals surface area contributed by atoms with Crippen molar-refractivity contribution in [1.82, 2.24) is 4.90 Å². The van der Waals surface area contributed by atoms with Crippen LogP contribution in [0.4, 0.5) is 0 Å². The standard InChI is InChI=1S/C14H18ClNO/c15-12-3-1-2-11(10-12)14(6-7-14)16-8-4-13(17)5-9-16/h1-3,10,13,17H,4-9H2. The number of aliphatic hydroxyl groups excluding tert-OH is 1. The zero-order valence-electron chi connectivity index (χ0n) is 9.90. The summed E-state index contributed by atoms with van der Waals surface area (Å²) in [5.74, 6) is 0. The molecular formula is C14H18ClNO. The number of rotatable bonds is 2. The monoisotopic (exact) mass is 251 g/mol. The predicted octanol–water partition coefficient (Wildman–Crippen LogP) is 2.79. The second-order valence-electron chi connectivity index (χ2n) is 5.26. The number of hydrogen-bond acceptors (Lipinski definition) is 2. The average Bonchev–Trinajstić information content (AvgIpc) is 3.11. The Morgan fingerprint density at radius 2 is 1.94 bits per heavy atom. The zero-order valence-corrected chi connectivity index (χ0v) is 10.7. The topological polar surface area (TPSA) is 23.5 Å². The summed E-state index contributed by atoms with van der Waals surface area (Å²) in [6.45, 7) is 2.02. The van der Waals surface area contributed by atoms with Gasteiger partial charge in [0.15, 0.2) is 0 Å². The van der Waals surface area contributed by atoms with Crippen LogP contribution in [0.1, 0.15) is 31.2 Å². The van der Waals surface area contributed by atoms with Crippen molar-refractivity contribution in [3.8, 4) is 0 Å². The number of aliphatic hydroxyl groups is 1. The summed E-state index contributed by atoms with van der Waals surface area (Å²) in [6.07, 6.45) is 4.17. The lowest BCUT2D eigenvalue weighted by Crippen LogP contribution is -2.42. The maximum atomic E-state index is 9.58. The second kappa shape index (κ2) is 4.27. The molecule has 0 radical (unpaired) electrons. The Labute approximate surface area is 107 Å². The molecule has 3 heteroatoms. The summed E-state index contributed by atoms with van der Waals surface area (Å²) in [5, 5.41) is 10.4. The van der Waals surface area contributed by atoms with Crippen LogP contribution in [0.15, 0.2) is 24.3 Å². The molecule has 1 aromatic carbocycles. The van der Waals surface area contributed by atoms with Gasteiger partial charge in [-0.25, -0.2) is 0 Å². The summed E-state index contributed by atoms with van der Waals surface area (Å²) < 4.78 is 0. The van der Waals surface area contributed by atoms with Crippen LogP contribution in [-0.2, 0) is 5.54 Å². The van der Waals surface area contributed by atoms with Gasteiger partial charge in [-0.15, -0.1) is 0 Å². The molecule has 17 heavy (non-hydrogen) atoms. The molecule has 2 aliphatic rings. The second-order valence-corrected chi connectivity index (χ2v) is 5.70. The van der Waals surface area contributed by atoms with Gasteiger partial charge in [0.25, 0.3) is 0 Å². The van der Waals surface area contributed by atoms with Gasteiger partial charge < -0.3 is 5.11 Å². The third-order valence-electron chi connectivity index (χ3n) is 4.16. The van der Waals surface area contributed by atoms with Gasteiger partial charge in [0.1, 0.15) is 0 Å². The molecule has 1 saturated carbocycles. The van der Waals surface area contributed by atoms with E-state index in [9.17, 15) is 5.11 Å². The van der Waals surface area contributed by atoms with E-state index in [1.54, 1.807) is 0 Å². The molecule has 0 amide bonds. The Kier molecular flexibility index (Phi) is 2.89. The minimum absolute atomic E-state index is 0.0959. The summed E-state index contributed by atoms with van der Waals surface area (Å²) in [4.78, 5) is 2.53. The van der Waals surface area contributed by atoms with Crippen LogP contribution in [0, 0.1) is 0 Å². The number of benzene rings is 1. The molecule has 1 N–H and O–H groups in total. The van der Waals surface area contributed by atoms with Crippen LogP contribution in [-0.4, -0.2) is 29.2 Å². The fourth-order valence-electron chi connectivity index (χ4n) is 2.98. The highest BCUT2D eigenvalue weighted by atomic mass is 35.5. The van der Waals surface area contributed by atoms with Crippen molar-refractivity contribution in [3.05, 3.63) is 34.9 Å². The average molecular weight is 252 g/mol. The van der Waals surface area contributed by atoms with E-state index in [4.69, 9.17) is 11.6 Å². The number of halogens is 1. The van der Waals surface area contributed by atoms with Crippen molar-refractivity contribution in [1.29, 1.82) is 0 Å². The summed E-state index contributed by atoms with van der Waals surface area (Å²) in [7, 11) is 0. The summed E-state index contributed by atoms with van der Waals surface area (Å²) >= 11 is 6.08. The molecule has 1 aliphatic carbocycles. The number of hydrogen-bond donors (Lipinski definition) is 1. The van der Waals surface area contributed by atoms with Gasteiger partial charge in [-0.1, -0.05) is 23.7 Å². The molecule has 1 aliphatic heterocycles. The van der Waals surface area contributed by atoms with E-state index >= 15 is 0 Å². The third-order valence-corrected chi connectivity index (χ3v) is 4.39. The molecule has 0 spiro atoms. The van der Waals surface area contributed by atoms with E-state index in [2.05, 4.69) is 17.0 Å². The summed E-state index contributed by atoms with van der Waals surface area (Å²) in [5.41, 5.74) is 1.58. The van der Waals surface area contributed by atoms with Crippen LogP contribution >= 0.6 is 11.6 Å².